The summed E-state index contributed by atoms with van der Waals surface area (Å²) in [5, 5.41) is 4.18. The number of aromatic nitrogens is 4. The fourth-order valence-electron chi connectivity index (χ4n) is 1.59. The van der Waals surface area contributed by atoms with E-state index in [0.717, 1.165) is 24.4 Å². The molecule has 2 N–H and O–H groups in total. The minimum atomic E-state index is 0.563. The molecule has 0 saturated heterocycles. The summed E-state index contributed by atoms with van der Waals surface area (Å²) in [6.07, 6.45) is 4.99. The van der Waals surface area contributed by atoms with Crippen LogP contribution in [0.3, 0.4) is 0 Å². The number of nitrogens with two attached hydrogens (primary N) is 1. The van der Waals surface area contributed by atoms with Gasteiger partial charge in [-0.05, 0) is 12.5 Å². The first kappa shape index (κ1) is 10.6. The van der Waals surface area contributed by atoms with Crippen molar-refractivity contribution < 1.29 is 0 Å². The summed E-state index contributed by atoms with van der Waals surface area (Å²) in [6, 6.07) is 3.85. The van der Waals surface area contributed by atoms with E-state index in [9.17, 15) is 0 Å². The normalized spacial score (nSPS) is 10.6. The van der Waals surface area contributed by atoms with Gasteiger partial charge in [-0.25, -0.2) is 14.6 Å². The maximum absolute atomic E-state index is 5.79. The summed E-state index contributed by atoms with van der Waals surface area (Å²) in [5.41, 5.74) is 6.79. The van der Waals surface area contributed by atoms with Crippen LogP contribution >= 0.6 is 0 Å². The summed E-state index contributed by atoms with van der Waals surface area (Å²) in [6.45, 7) is 3.00. The van der Waals surface area contributed by atoms with Gasteiger partial charge in [-0.3, -0.25) is 0 Å². The van der Waals surface area contributed by atoms with Gasteiger partial charge < -0.3 is 5.73 Å². The Balaban J connectivity index is 2.20. The summed E-state index contributed by atoms with van der Waals surface area (Å²) in [5.74, 6) is 1.50. The molecule has 0 saturated carbocycles. The van der Waals surface area contributed by atoms with Gasteiger partial charge in [0.2, 0.25) is 0 Å². The third-order valence-electron chi connectivity index (χ3n) is 2.41. The number of aryl methyl sites for hydroxylation is 1. The fraction of sp³-hybridized carbons (Fsp3) is 0.364. The number of nitrogens with zero attached hydrogens (tertiary/aromatic N) is 4. The molecule has 0 unspecified atom stereocenters. The van der Waals surface area contributed by atoms with Crippen LogP contribution in [-0.4, -0.2) is 19.7 Å². The molecule has 0 aliphatic carbocycles. The molecule has 0 fully saturated rings. The second-order valence-electron chi connectivity index (χ2n) is 3.62. The zero-order valence-electron chi connectivity index (χ0n) is 9.30. The Bertz CT molecular complexity index is 463. The van der Waals surface area contributed by atoms with E-state index in [-0.39, 0.29) is 0 Å². The molecular formula is C11H15N5. The lowest BCUT2D eigenvalue weighted by Crippen LogP contribution is -2.07. The number of nitrogen functional groups attached to an aromatic ring is 1. The molecule has 0 amide bonds. The molecule has 0 bridgehead atoms. The lowest BCUT2D eigenvalue weighted by Gasteiger charge is -2.05. The largest absolute Gasteiger partial charge is 0.383 e. The first-order valence-electron chi connectivity index (χ1n) is 5.37. The molecule has 0 atom stereocenters. The van der Waals surface area contributed by atoms with Crippen molar-refractivity contribution in [2.75, 3.05) is 5.73 Å². The van der Waals surface area contributed by atoms with E-state index in [2.05, 4.69) is 22.0 Å². The van der Waals surface area contributed by atoms with Crippen molar-refractivity contribution in [2.24, 2.45) is 0 Å². The van der Waals surface area contributed by atoms with Crippen LogP contribution in [0.4, 0.5) is 5.82 Å². The number of anilines is 1. The van der Waals surface area contributed by atoms with Crippen LogP contribution in [0.2, 0.25) is 0 Å². The van der Waals surface area contributed by atoms with E-state index in [0.29, 0.717) is 12.2 Å². The molecule has 16 heavy (non-hydrogen) atoms. The third-order valence-corrected chi connectivity index (χ3v) is 2.41. The van der Waals surface area contributed by atoms with E-state index in [1.54, 1.807) is 12.5 Å². The highest BCUT2D eigenvalue weighted by Crippen LogP contribution is 2.12. The molecule has 2 aromatic heterocycles. The van der Waals surface area contributed by atoms with Crippen molar-refractivity contribution in [2.45, 2.75) is 26.3 Å². The van der Waals surface area contributed by atoms with E-state index in [1.807, 2.05) is 16.8 Å². The lowest BCUT2D eigenvalue weighted by atomic mass is 10.2. The Hall–Kier alpha value is -1.91. The van der Waals surface area contributed by atoms with Crippen molar-refractivity contribution in [1.29, 1.82) is 0 Å². The van der Waals surface area contributed by atoms with Crippen LogP contribution in [0, 0.1) is 0 Å². The number of hydrogen-bond donors (Lipinski definition) is 1. The van der Waals surface area contributed by atoms with Crippen LogP contribution in [-0.2, 0) is 13.0 Å². The van der Waals surface area contributed by atoms with Gasteiger partial charge in [0.05, 0.1) is 0 Å². The molecule has 0 radical (unpaired) electrons. The fourth-order valence-corrected chi connectivity index (χ4v) is 1.59. The molecular weight excluding hydrogens is 202 g/mol. The molecule has 2 heterocycles. The molecule has 0 aromatic carbocycles. The summed E-state index contributed by atoms with van der Waals surface area (Å²) in [4.78, 5) is 8.30. The van der Waals surface area contributed by atoms with Crippen molar-refractivity contribution in [1.82, 2.24) is 19.7 Å². The van der Waals surface area contributed by atoms with Gasteiger partial charge in [0.1, 0.15) is 18.0 Å². The maximum Gasteiger partial charge on any atom is 0.138 e. The van der Waals surface area contributed by atoms with Crippen LogP contribution < -0.4 is 5.73 Å². The minimum Gasteiger partial charge on any atom is -0.383 e. The Kier molecular flexibility index (Phi) is 3.14. The maximum atomic E-state index is 5.79. The number of rotatable bonds is 4. The second-order valence-corrected chi connectivity index (χ2v) is 3.62. The topological polar surface area (TPSA) is 69.6 Å². The van der Waals surface area contributed by atoms with E-state index in [4.69, 9.17) is 5.73 Å². The monoisotopic (exact) mass is 217 g/mol. The van der Waals surface area contributed by atoms with Gasteiger partial charge in [-0.2, -0.15) is 5.10 Å². The van der Waals surface area contributed by atoms with Gasteiger partial charge in [0, 0.05) is 24.7 Å². The molecule has 5 nitrogen and oxygen atoms in total. The first-order chi connectivity index (χ1) is 7.81. The van der Waals surface area contributed by atoms with Gasteiger partial charge in [0.15, 0.2) is 0 Å². The number of hydrogen-bond acceptors (Lipinski definition) is 4. The van der Waals surface area contributed by atoms with Crippen LogP contribution in [0.1, 0.15) is 24.7 Å². The van der Waals surface area contributed by atoms with Crippen LogP contribution in [0.25, 0.3) is 0 Å². The lowest BCUT2D eigenvalue weighted by molar-refractivity contribution is 0.576. The zero-order chi connectivity index (χ0) is 11.4. The summed E-state index contributed by atoms with van der Waals surface area (Å²) < 4.78 is 1.91. The van der Waals surface area contributed by atoms with E-state index >= 15 is 0 Å². The highest BCUT2D eigenvalue weighted by Gasteiger charge is 2.07. The van der Waals surface area contributed by atoms with Gasteiger partial charge >= 0.3 is 0 Å². The second kappa shape index (κ2) is 4.74. The zero-order valence-corrected chi connectivity index (χ0v) is 9.30. The highest BCUT2D eigenvalue weighted by molar-refractivity contribution is 5.40. The molecule has 2 aromatic rings. The summed E-state index contributed by atoms with van der Waals surface area (Å²) >= 11 is 0. The quantitative estimate of drug-likeness (QED) is 0.837. The standard InChI is InChI=1S/C11H15N5/c1-2-6-16-10(14-8-15-16)7-9-4-3-5-13-11(9)12/h3-5,8H,2,6-7H2,1H3,(H2,12,13). The number of pyridine rings is 1. The van der Waals surface area contributed by atoms with Crippen LogP contribution in [0.5, 0.6) is 0 Å². The minimum absolute atomic E-state index is 0.563. The molecule has 5 heteroatoms. The Morgan fingerprint density at radius 1 is 1.38 bits per heavy atom. The average Bonchev–Trinajstić information content (AvgIpc) is 2.70. The van der Waals surface area contributed by atoms with Crippen molar-refractivity contribution in [3.63, 3.8) is 0 Å². The van der Waals surface area contributed by atoms with Crippen molar-refractivity contribution in [3.8, 4) is 0 Å². The van der Waals surface area contributed by atoms with Crippen LogP contribution in [0.15, 0.2) is 24.7 Å². The van der Waals surface area contributed by atoms with Gasteiger partial charge in [-0.15, -0.1) is 0 Å². The smallest absolute Gasteiger partial charge is 0.138 e. The molecule has 2 rings (SSSR count). The molecule has 84 valence electrons. The SMILES string of the molecule is CCCn1ncnc1Cc1cccnc1N. The predicted molar refractivity (Wildman–Crippen MR) is 61.8 cm³/mol. The average molecular weight is 217 g/mol. The molecule has 0 spiro atoms. The van der Waals surface area contributed by atoms with Gasteiger partial charge in [-0.1, -0.05) is 13.0 Å². The van der Waals surface area contributed by atoms with Gasteiger partial charge in [0.25, 0.3) is 0 Å². The van der Waals surface area contributed by atoms with Crippen molar-refractivity contribution >= 4 is 5.82 Å². The van der Waals surface area contributed by atoms with E-state index < -0.39 is 0 Å². The molecule has 0 aliphatic heterocycles. The highest BCUT2D eigenvalue weighted by atomic mass is 15.3. The van der Waals surface area contributed by atoms with E-state index in [1.165, 1.54) is 0 Å². The first-order valence-corrected chi connectivity index (χ1v) is 5.37. The Morgan fingerprint density at radius 2 is 2.25 bits per heavy atom. The summed E-state index contributed by atoms with van der Waals surface area (Å²) in [7, 11) is 0. The molecule has 0 aliphatic rings. The Morgan fingerprint density at radius 3 is 3.00 bits per heavy atom. The Labute approximate surface area is 94.3 Å². The van der Waals surface area contributed by atoms with Crippen molar-refractivity contribution in [3.05, 3.63) is 36.0 Å². The predicted octanol–water partition coefficient (Wildman–Crippen LogP) is 1.26. The third kappa shape index (κ3) is 2.18.